The Balaban J connectivity index is 2.65. The second-order valence-corrected chi connectivity index (χ2v) is 2.25. The Morgan fingerprint density at radius 2 is 2.00 bits per heavy atom. The van der Waals surface area contributed by atoms with E-state index >= 15 is 0 Å². The van der Waals surface area contributed by atoms with E-state index in [2.05, 4.69) is 4.74 Å². The molecule has 0 aliphatic carbocycles. The molecule has 1 fully saturated rings. The smallest absolute Gasteiger partial charge is 0.339 e. The standard InChI is InChI=1S/C5H6O5/c1-5(4(8)9)2(10-5)3(6)7/h2H,1H3,(H,6,7)(H,8,9)/t2?,5-/m1/s1. The zero-order chi connectivity index (χ0) is 7.94. The molecule has 0 aromatic carbocycles. The van der Waals surface area contributed by atoms with Gasteiger partial charge in [0.15, 0.2) is 11.7 Å². The van der Waals surface area contributed by atoms with Crippen LogP contribution in [-0.2, 0) is 14.3 Å². The number of epoxide rings is 1. The van der Waals surface area contributed by atoms with E-state index in [1.165, 1.54) is 6.92 Å². The maximum absolute atomic E-state index is 10.2. The van der Waals surface area contributed by atoms with Crippen LogP contribution >= 0.6 is 0 Å². The highest BCUT2D eigenvalue weighted by molar-refractivity contribution is 5.91. The topological polar surface area (TPSA) is 87.1 Å². The molecule has 1 saturated heterocycles. The molecule has 0 bridgehead atoms. The summed E-state index contributed by atoms with van der Waals surface area (Å²) in [6.45, 7) is 1.23. The maximum atomic E-state index is 10.2. The third-order valence-electron chi connectivity index (χ3n) is 1.45. The van der Waals surface area contributed by atoms with Crippen LogP contribution in [0.4, 0.5) is 0 Å². The number of carbonyl (C=O) groups is 2. The molecule has 56 valence electrons. The molecule has 1 rings (SSSR count). The maximum Gasteiger partial charge on any atom is 0.339 e. The van der Waals surface area contributed by atoms with Crippen LogP contribution in [0.3, 0.4) is 0 Å². The van der Waals surface area contributed by atoms with Crippen molar-refractivity contribution < 1.29 is 24.5 Å². The van der Waals surface area contributed by atoms with E-state index in [1.807, 2.05) is 0 Å². The summed E-state index contributed by atoms with van der Waals surface area (Å²) >= 11 is 0. The fraction of sp³-hybridized carbons (Fsp3) is 0.600. The average molecular weight is 146 g/mol. The lowest BCUT2D eigenvalue weighted by molar-refractivity contribution is -0.143. The fourth-order valence-electron chi connectivity index (χ4n) is 0.659. The molecule has 1 aliphatic rings. The number of rotatable bonds is 2. The van der Waals surface area contributed by atoms with Crippen molar-refractivity contribution in [3.63, 3.8) is 0 Å². The molecule has 0 saturated carbocycles. The Morgan fingerprint density at radius 1 is 1.50 bits per heavy atom. The van der Waals surface area contributed by atoms with Gasteiger partial charge in [0.2, 0.25) is 0 Å². The molecule has 0 spiro atoms. The van der Waals surface area contributed by atoms with Gasteiger partial charge in [0.25, 0.3) is 0 Å². The minimum Gasteiger partial charge on any atom is -0.479 e. The Kier molecular flexibility index (Phi) is 1.19. The van der Waals surface area contributed by atoms with Crippen LogP contribution in [0.5, 0.6) is 0 Å². The van der Waals surface area contributed by atoms with Gasteiger partial charge in [0, 0.05) is 0 Å². The minimum absolute atomic E-state index is 1.18. The number of hydrogen-bond acceptors (Lipinski definition) is 3. The van der Waals surface area contributed by atoms with E-state index in [0.29, 0.717) is 0 Å². The lowest BCUT2D eigenvalue weighted by Crippen LogP contribution is -2.26. The van der Waals surface area contributed by atoms with Gasteiger partial charge in [-0.1, -0.05) is 0 Å². The first-order valence-corrected chi connectivity index (χ1v) is 2.62. The molecule has 0 radical (unpaired) electrons. The van der Waals surface area contributed by atoms with Gasteiger partial charge in [-0.3, -0.25) is 0 Å². The molecule has 2 N–H and O–H groups in total. The molecule has 0 aromatic heterocycles. The summed E-state index contributed by atoms with van der Waals surface area (Å²) in [6.07, 6.45) is -1.18. The van der Waals surface area contributed by atoms with Crippen LogP contribution < -0.4 is 0 Å². The minimum atomic E-state index is -1.49. The van der Waals surface area contributed by atoms with E-state index in [9.17, 15) is 9.59 Å². The molecule has 5 heteroatoms. The second-order valence-electron chi connectivity index (χ2n) is 2.25. The Bertz CT molecular complexity index is 198. The highest BCUT2D eigenvalue weighted by Crippen LogP contribution is 2.36. The molecule has 5 nitrogen and oxygen atoms in total. The highest BCUT2D eigenvalue weighted by Gasteiger charge is 2.63. The third-order valence-corrected chi connectivity index (χ3v) is 1.45. The Morgan fingerprint density at radius 3 is 2.10 bits per heavy atom. The number of carboxylic acids is 2. The van der Waals surface area contributed by atoms with Crippen molar-refractivity contribution >= 4 is 11.9 Å². The lowest BCUT2D eigenvalue weighted by Gasteiger charge is -1.93. The van der Waals surface area contributed by atoms with Gasteiger partial charge in [-0.15, -0.1) is 0 Å². The zero-order valence-electron chi connectivity index (χ0n) is 5.20. The highest BCUT2D eigenvalue weighted by atomic mass is 16.6. The number of aliphatic carboxylic acids is 2. The fourth-order valence-corrected chi connectivity index (χ4v) is 0.659. The van der Waals surface area contributed by atoms with E-state index in [0.717, 1.165) is 0 Å². The van der Waals surface area contributed by atoms with Gasteiger partial charge < -0.3 is 14.9 Å². The van der Waals surface area contributed by atoms with Crippen LogP contribution in [0.15, 0.2) is 0 Å². The van der Waals surface area contributed by atoms with Crippen molar-refractivity contribution in [3.05, 3.63) is 0 Å². The van der Waals surface area contributed by atoms with Crippen molar-refractivity contribution in [1.82, 2.24) is 0 Å². The monoisotopic (exact) mass is 146 g/mol. The summed E-state index contributed by atoms with van der Waals surface area (Å²) in [5.74, 6) is -2.47. The van der Waals surface area contributed by atoms with E-state index in [4.69, 9.17) is 10.2 Å². The summed E-state index contributed by atoms with van der Waals surface area (Å²) in [6, 6.07) is 0. The molecule has 1 aliphatic heterocycles. The molecule has 2 atom stereocenters. The summed E-state index contributed by atoms with van der Waals surface area (Å²) in [7, 11) is 0. The lowest BCUT2D eigenvalue weighted by atomic mass is 10.1. The van der Waals surface area contributed by atoms with E-state index < -0.39 is 23.6 Å². The van der Waals surface area contributed by atoms with Gasteiger partial charge in [-0.25, -0.2) is 9.59 Å². The predicted molar refractivity (Wildman–Crippen MR) is 28.5 cm³/mol. The summed E-state index contributed by atoms with van der Waals surface area (Å²) in [4.78, 5) is 20.3. The van der Waals surface area contributed by atoms with Gasteiger partial charge in [0.1, 0.15) is 0 Å². The SMILES string of the molecule is C[C@@]1(C(=O)O)OC1C(=O)O. The molecule has 0 aromatic rings. The van der Waals surface area contributed by atoms with Crippen LogP contribution in [0.2, 0.25) is 0 Å². The first kappa shape index (κ1) is 7.01. The van der Waals surface area contributed by atoms with E-state index in [1.54, 1.807) is 0 Å². The van der Waals surface area contributed by atoms with Crippen molar-refractivity contribution in [3.8, 4) is 0 Å². The zero-order valence-corrected chi connectivity index (χ0v) is 5.20. The first-order valence-electron chi connectivity index (χ1n) is 2.62. The molecule has 10 heavy (non-hydrogen) atoms. The van der Waals surface area contributed by atoms with Crippen LogP contribution in [0.1, 0.15) is 6.92 Å². The number of hydrogen-bond donors (Lipinski definition) is 2. The average Bonchev–Trinajstić information content (AvgIpc) is 2.43. The quantitative estimate of drug-likeness (QED) is 0.503. The van der Waals surface area contributed by atoms with Gasteiger partial charge in [-0.05, 0) is 6.92 Å². The van der Waals surface area contributed by atoms with Crippen LogP contribution in [0, 0.1) is 0 Å². The Hall–Kier alpha value is -1.10. The Labute approximate surface area is 56.2 Å². The van der Waals surface area contributed by atoms with Crippen molar-refractivity contribution in [1.29, 1.82) is 0 Å². The second kappa shape index (κ2) is 1.69. The summed E-state index contributed by atoms with van der Waals surface area (Å²) < 4.78 is 4.43. The molecule has 1 heterocycles. The molecule has 0 amide bonds. The summed E-state index contributed by atoms with van der Waals surface area (Å²) in [5.41, 5.74) is -1.49. The third kappa shape index (κ3) is 0.750. The first-order chi connectivity index (χ1) is 4.48. The van der Waals surface area contributed by atoms with Crippen LogP contribution in [0.25, 0.3) is 0 Å². The number of ether oxygens (including phenoxy) is 1. The van der Waals surface area contributed by atoms with Crippen molar-refractivity contribution in [2.45, 2.75) is 18.6 Å². The molecule has 1 unspecified atom stereocenters. The van der Waals surface area contributed by atoms with Gasteiger partial charge in [-0.2, -0.15) is 0 Å². The van der Waals surface area contributed by atoms with Crippen LogP contribution in [-0.4, -0.2) is 33.9 Å². The molecular weight excluding hydrogens is 140 g/mol. The van der Waals surface area contributed by atoms with E-state index in [-0.39, 0.29) is 0 Å². The summed E-state index contributed by atoms with van der Waals surface area (Å²) in [5, 5.41) is 16.6. The predicted octanol–water partition coefficient (Wildman–Crippen LogP) is -0.687. The van der Waals surface area contributed by atoms with Gasteiger partial charge in [0.05, 0.1) is 0 Å². The van der Waals surface area contributed by atoms with Crippen molar-refractivity contribution in [2.24, 2.45) is 0 Å². The molecular formula is C5H6O5. The number of carboxylic acid groups (broad SMARTS) is 2. The normalized spacial score (nSPS) is 37.1. The van der Waals surface area contributed by atoms with Gasteiger partial charge >= 0.3 is 11.9 Å². The largest absolute Gasteiger partial charge is 0.479 e. The van der Waals surface area contributed by atoms with Crippen molar-refractivity contribution in [2.75, 3.05) is 0 Å².